The van der Waals surface area contributed by atoms with Gasteiger partial charge in [-0.25, -0.2) is 4.39 Å². The molecule has 0 aliphatic rings. The summed E-state index contributed by atoms with van der Waals surface area (Å²) >= 11 is 7.56. The number of ether oxygens (including phenoxy) is 1. The zero-order valence-corrected chi connectivity index (χ0v) is 15.6. The van der Waals surface area contributed by atoms with E-state index in [-0.39, 0.29) is 17.1 Å². The van der Waals surface area contributed by atoms with Gasteiger partial charge < -0.3 is 14.8 Å². The van der Waals surface area contributed by atoms with Crippen LogP contribution in [0.2, 0.25) is 4.34 Å². The van der Waals surface area contributed by atoms with Gasteiger partial charge in [0.2, 0.25) is 0 Å². The summed E-state index contributed by atoms with van der Waals surface area (Å²) in [7, 11) is 1.43. The Kier molecular flexibility index (Phi) is 4.37. The van der Waals surface area contributed by atoms with Crippen molar-refractivity contribution in [1.82, 2.24) is 4.98 Å². The normalized spacial score (nSPS) is 11.1. The number of thiophene rings is 1. The van der Waals surface area contributed by atoms with Crippen LogP contribution in [-0.2, 0) is 0 Å². The summed E-state index contributed by atoms with van der Waals surface area (Å²) in [6, 6.07) is 12.9. The predicted octanol–water partition coefficient (Wildman–Crippen LogP) is 5.43. The van der Waals surface area contributed by atoms with E-state index in [1.165, 1.54) is 25.3 Å². The van der Waals surface area contributed by atoms with E-state index >= 15 is 0 Å². The molecule has 0 saturated heterocycles. The van der Waals surface area contributed by atoms with Crippen LogP contribution in [0.5, 0.6) is 11.5 Å². The van der Waals surface area contributed by atoms with Crippen molar-refractivity contribution in [2.45, 2.75) is 0 Å². The van der Waals surface area contributed by atoms with Crippen LogP contribution < -0.4 is 10.3 Å². The molecule has 27 heavy (non-hydrogen) atoms. The van der Waals surface area contributed by atoms with Gasteiger partial charge in [0.15, 0.2) is 0 Å². The molecule has 136 valence electrons. The molecule has 4 nitrogen and oxygen atoms in total. The van der Waals surface area contributed by atoms with Gasteiger partial charge in [-0.05, 0) is 17.7 Å². The average molecular weight is 402 g/mol. The number of fused-ring (bicyclic) bond motifs is 1. The Hall–Kier alpha value is -2.83. The summed E-state index contributed by atoms with van der Waals surface area (Å²) in [5, 5.41) is 11.4. The largest absolute Gasteiger partial charge is 0.506 e. The fourth-order valence-electron chi connectivity index (χ4n) is 3.10. The van der Waals surface area contributed by atoms with E-state index in [0.29, 0.717) is 31.2 Å². The third kappa shape index (κ3) is 2.87. The first kappa shape index (κ1) is 17.6. The number of hydrogen-bond donors (Lipinski definition) is 2. The van der Waals surface area contributed by atoms with Crippen LogP contribution in [0.3, 0.4) is 0 Å². The first-order valence-corrected chi connectivity index (χ1v) is 9.17. The quantitative estimate of drug-likeness (QED) is 0.481. The number of pyridine rings is 1. The van der Waals surface area contributed by atoms with Crippen molar-refractivity contribution in [2.24, 2.45) is 0 Å². The molecule has 2 aromatic carbocycles. The van der Waals surface area contributed by atoms with Crippen LogP contribution in [0.25, 0.3) is 32.5 Å². The monoisotopic (exact) mass is 401 g/mol. The van der Waals surface area contributed by atoms with E-state index in [4.69, 9.17) is 16.3 Å². The van der Waals surface area contributed by atoms with E-state index in [1.54, 1.807) is 24.3 Å². The summed E-state index contributed by atoms with van der Waals surface area (Å²) in [5.41, 5.74) is 1.33. The number of methoxy groups -OCH3 is 1. The predicted molar refractivity (Wildman–Crippen MR) is 107 cm³/mol. The van der Waals surface area contributed by atoms with Crippen molar-refractivity contribution in [1.29, 1.82) is 0 Å². The van der Waals surface area contributed by atoms with Crippen molar-refractivity contribution in [2.75, 3.05) is 7.11 Å². The second-order valence-electron chi connectivity index (χ2n) is 5.84. The molecule has 2 N–H and O–H groups in total. The maximum Gasteiger partial charge on any atom is 0.260 e. The van der Waals surface area contributed by atoms with E-state index in [1.807, 2.05) is 6.07 Å². The molecule has 2 aromatic heterocycles. The molecule has 0 bridgehead atoms. The molecule has 0 fully saturated rings. The van der Waals surface area contributed by atoms with Gasteiger partial charge in [0.1, 0.15) is 26.5 Å². The van der Waals surface area contributed by atoms with Crippen molar-refractivity contribution in [3.05, 3.63) is 69.0 Å². The van der Waals surface area contributed by atoms with Gasteiger partial charge in [0, 0.05) is 17.2 Å². The van der Waals surface area contributed by atoms with Crippen molar-refractivity contribution < 1.29 is 14.2 Å². The Morgan fingerprint density at radius 2 is 1.89 bits per heavy atom. The molecular formula is C20H13ClFNO3S. The topological polar surface area (TPSA) is 62.3 Å². The van der Waals surface area contributed by atoms with Crippen LogP contribution in [0, 0.1) is 5.82 Å². The van der Waals surface area contributed by atoms with Crippen LogP contribution in [0.4, 0.5) is 4.39 Å². The van der Waals surface area contributed by atoms with Gasteiger partial charge >= 0.3 is 0 Å². The maximum atomic E-state index is 13.6. The standard InChI is InChI=1S/C20H13ClFNO3S/c1-26-13-9-11(22)7-8-12(13)15-16-17(24)14(10-5-3-2-4-6-10)19(25)23-20(16)27-18(15)21/h2-9H,1H3,(H2,23,24,25). The summed E-state index contributed by atoms with van der Waals surface area (Å²) < 4.78 is 19.2. The minimum atomic E-state index is -0.450. The molecule has 0 aliphatic heterocycles. The molecule has 0 radical (unpaired) electrons. The second kappa shape index (κ2) is 6.72. The molecule has 0 aliphatic carbocycles. The van der Waals surface area contributed by atoms with Gasteiger partial charge in [-0.15, -0.1) is 11.3 Å². The van der Waals surface area contributed by atoms with E-state index in [2.05, 4.69) is 4.98 Å². The highest BCUT2D eigenvalue weighted by molar-refractivity contribution is 7.23. The van der Waals surface area contributed by atoms with Crippen LogP contribution in [-0.4, -0.2) is 17.2 Å². The van der Waals surface area contributed by atoms with Gasteiger partial charge in [-0.1, -0.05) is 41.9 Å². The van der Waals surface area contributed by atoms with Gasteiger partial charge in [-0.3, -0.25) is 4.79 Å². The minimum absolute atomic E-state index is 0.153. The van der Waals surface area contributed by atoms with Gasteiger partial charge in [0.05, 0.1) is 18.1 Å². The molecular weight excluding hydrogens is 389 g/mol. The molecule has 0 unspecified atom stereocenters. The lowest BCUT2D eigenvalue weighted by atomic mass is 10.00. The fraction of sp³-hybridized carbons (Fsp3) is 0.0500. The van der Waals surface area contributed by atoms with Crippen LogP contribution in [0.1, 0.15) is 0 Å². The lowest BCUT2D eigenvalue weighted by Gasteiger charge is -2.11. The van der Waals surface area contributed by atoms with Crippen molar-refractivity contribution in [3.63, 3.8) is 0 Å². The smallest absolute Gasteiger partial charge is 0.260 e. The Morgan fingerprint density at radius 3 is 2.59 bits per heavy atom. The molecule has 2 heterocycles. The van der Waals surface area contributed by atoms with Crippen molar-refractivity contribution in [3.8, 4) is 33.8 Å². The van der Waals surface area contributed by atoms with Gasteiger partial charge in [0.25, 0.3) is 5.56 Å². The van der Waals surface area contributed by atoms with Crippen LogP contribution in [0.15, 0.2) is 53.3 Å². The highest BCUT2D eigenvalue weighted by atomic mass is 35.5. The number of nitrogens with one attached hydrogen (secondary N) is 1. The first-order chi connectivity index (χ1) is 13.0. The number of halogens is 2. The first-order valence-electron chi connectivity index (χ1n) is 7.98. The minimum Gasteiger partial charge on any atom is -0.506 e. The Bertz CT molecular complexity index is 1220. The number of aromatic nitrogens is 1. The zero-order chi connectivity index (χ0) is 19.1. The summed E-state index contributed by atoms with van der Waals surface area (Å²) in [6.07, 6.45) is 0. The van der Waals surface area contributed by atoms with E-state index in [0.717, 1.165) is 11.3 Å². The number of aromatic hydroxyl groups is 1. The molecule has 0 amide bonds. The van der Waals surface area contributed by atoms with Crippen LogP contribution >= 0.6 is 22.9 Å². The highest BCUT2D eigenvalue weighted by Gasteiger charge is 2.23. The fourth-order valence-corrected chi connectivity index (χ4v) is 4.47. The van der Waals surface area contributed by atoms with E-state index < -0.39 is 11.4 Å². The Morgan fingerprint density at radius 1 is 1.15 bits per heavy atom. The Labute approximate surface area is 162 Å². The third-order valence-corrected chi connectivity index (χ3v) is 5.60. The summed E-state index contributed by atoms with van der Waals surface area (Å²) in [4.78, 5) is 15.8. The summed E-state index contributed by atoms with van der Waals surface area (Å²) in [6.45, 7) is 0. The number of benzene rings is 2. The van der Waals surface area contributed by atoms with Gasteiger partial charge in [-0.2, -0.15) is 0 Å². The third-order valence-electron chi connectivity index (χ3n) is 4.29. The maximum absolute atomic E-state index is 13.6. The number of rotatable bonds is 3. The van der Waals surface area contributed by atoms with E-state index in [9.17, 15) is 14.3 Å². The molecule has 4 rings (SSSR count). The second-order valence-corrected chi connectivity index (χ2v) is 7.47. The van der Waals surface area contributed by atoms with Crippen molar-refractivity contribution >= 4 is 33.2 Å². The molecule has 0 atom stereocenters. The lowest BCUT2D eigenvalue weighted by molar-refractivity contribution is 0.413. The number of aromatic amines is 1. The molecule has 0 saturated carbocycles. The Balaban J connectivity index is 2.09. The lowest BCUT2D eigenvalue weighted by Crippen LogP contribution is -2.08. The molecule has 0 spiro atoms. The number of hydrogen-bond acceptors (Lipinski definition) is 4. The zero-order valence-electron chi connectivity index (χ0n) is 14.0. The average Bonchev–Trinajstić information content (AvgIpc) is 2.98. The number of H-pyrrole nitrogens is 1. The highest BCUT2D eigenvalue weighted by Crippen LogP contribution is 2.48. The SMILES string of the molecule is COc1cc(F)ccc1-c1c(Cl)sc2[nH]c(=O)c(-c3ccccc3)c(O)c12. The molecule has 7 heteroatoms. The molecule has 4 aromatic rings. The summed E-state index contributed by atoms with van der Waals surface area (Å²) in [5.74, 6) is -0.346.